The monoisotopic (exact) mass is 418 g/mol. The van der Waals surface area contributed by atoms with E-state index in [0.29, 0.717) is 36.8 Å². The lowest BCUT2D eigenvalue weighted by molar-refractivity contribution is 0.0697. The topological polar surface area (TPSA) is 81.4 Å². The first-order valence-electron chi connectivity index (χ1n) is 10.8. The molecule has 1 aromatic heterocycles. The van der Waals surface area contributed by atoms with E-state index < -0.39 is 5.97 Å². The normalized spacial score (nSPS) is 13.5. The summed E-state index contributed by atoms with van der Waals surface area (Å²) in [4.78, 5) is 29.0. The molecule has 1 aliphatic carbocycles. The number of imidazole rings is 1. The van der Waals surface area contributed by atoms with E-state index in [1.54, 1.807) is 12.1 Å². The molecule has 0 spiro atoms. The van der Waals surface area contributed by atoms with Gasteiger partial charge in [-0.15, -0.1) is 0 Å². The van der Waals surface area contributed by atoms with Gasteiger partial charge in [-0.25, -0.2) is 4.79 Å². The zero-order valence-electron chi connectivity index (χ0n) is 17.6. The molecular formula is C25H26N2O4. The molecule has 3 aromatic rings. The molecule has 0 saturated carbocycles. The second-order valence-electron chi connectivity index (χ2n) is 7.80. The summed E-state index contributed by atoms with van der Waals surface area (Å²) in [5, 5.41) is 9.46. The Morgan fingerprint density at radius 1 is 1.10 bits per heavy atom. The molecule has 1 aliphatic rings. The number of aromatic nitrogens is 2. The highest BCUT2D eigenvalue weighted by Crippen LogP contribution is 2.28. The van der Waals surface area contributed by atoms with E-state index in [1.807, 2.05) is 47.9 Å². The maximum atomic E-state index is 12.8. The maximum Gasteiger partial charge on any atom is 0.336 e. The number of aryl methyl sites for hydroxylation is 1. The van der Waals surface area contributed by atoms with Crippen LogP contribution in [0.1, 0.15) is 64.7 Å². The average molecular weight is 418 g/mol. The van der Waals surface area contributed by atoms with E-state index in [1.165, 1.54) is 0 Å². The van der Waals surface area contributed by atoms with Gasteiger partial charge in [0.15, 0.2) is 5.78 Å². The van der Waals surface area contributed by atoms with E-state index in [0.717, 1.165) is 42.5 Å². The third kappa shape index (κ3) is 4.38. The number of benzene rings is 2. The molecule has 0 fully saturated rings. The predicted octanol–water partition coefficient (Wildman–Crippen LogP) is 4.99. The van der Waals surface area contributed by atoms with Crippen LogP contribution in [0.15, 0.2) is 48.5 Å². The van der Waals surface area contributed by atoms with Crippen molar-refractivity contribution in [3.63, 3.8) is 0 Å². The van der Waals surface area contributed by atoms with Crippen LogP contribution in [-0.2, 0) is 13.0 Å². The molecular weight excluding hydrogens is 392 g/mol. The van der Waals surface area contributed by atoms with Crippen molar-refractivity contribution in [2.45, 2.75) is 45.6 Å². The zero-order valence-corrected chi connectivity index (χ0v) is 17.6. The number of rotatable bonds is 7. The number of ketones is 1. The Hall–Kier alpha value is -3.41. The molecule has 0 aliphatic heterocycles. The number of carbonyl (C=O) groups excluding carboxylic acids is 1. The number of ether oxygens (including phenoxy) is 1. The van der Waals surface area contributed by atoms with Gasteiger partial charge in [0, 0.05) is 6.42 Å². The first kappa shape index (κ1) is 20.8. The van der Waals surface area contributed by atoms with Crippen LogP contribution in [0.3, 0.4) is 0 Å². The van der Waals surface area contributed by atoms with E-state index in [4.69, 9.17) is 4.74 Å². The zero-order chi connectivity index (χ0) is 21.8. The Kier molecular flexibility index (Phi) is 6.16. The summed E-state index contributed by atoms with van der Waals surface area (Å²) < 4.78 is 7.77. The predicted molar refractivity (Wildman–Crippen MR) is 118 cm³/mol. The Labute approximate surface area is 181 Å². The van der Waals surface area contributed by atoms with Crippen molar-refractivity contribution in [2.75, 3.05) is 6.61 Å². The first-order valence-corrected chi connectivity index (χ1v) is 10.8. The lowest BCUT2D eigenvalue weighted by atomic mass is 9.99. The van der Waals surface area contributed by atoms with Crippen LogP contribution < -0.4 is 4.74 Å². The Morgan fingerprint density at radius 3 is 2.58 bits per heavy atom. The van der Waals surface area contributed by atoms with Crippen LogP contribution in [0.25, 0.3) is 11.1 Å². The molecule has 0 saturated heterocycles. The van der Waals surface area contributed by atoms with Gasteiger partial charge in [0.1, 0.15) is 5.69 Å². The highest BCUT2D eigenvalue weighted by Gasteiger charge is 2.25. The van der Waals surface area contributed by atoms with Crippen LogP contribution in [0.2, 0.25) is 0 Å². The summed E-state index contributed by atoms with van der Waals surface area (Å²) in [6, 6.07) is 15.2. The number of Topliss-reactive ketones (excluding diaryl/α,β-unsaturated/α-hetero) is 1. The number of nitrogens with zero attached hydrogens (tertiary/aromatic N) is 2. The number of aromatic carboxylic acids is 1. The van der Waals surface area contributed by atoms with Gasteiger partial charge in [-0.1, -0.05) is 49.4 Å². The van der Waals surface area contributed by atoms with E-state index >= 15 is 0 Å². The lowest BCUT2D eigenvalue weighted by Crippen LogP contribution is -2.13. The second-order valence-corrected chi connectivity index (χ2v) is 7.80. The number of carbonyl (C=O) groups is 2. The van der Waals surface area contributed by atoms with Gasteiger partial charge in [0.05, 0.1) is 24.4 Å². The summed E-state index contributed by atoms with van der Waals surface area (Å²) in [7, 11) is 0. The molecule has 0 atom stereocenters. The number of carboxylic acid groups (broad SMARTS) is 1. The molecule has 0 unspecified atom stereocenters. The van der Waals surface area contributed by atoms with Gasteiger partial charge in [0.2, 0.25) is 0 Å². The standard InChI is InChI=1S/C25H26N2O4/c1-2-15-31-25-26-21-9-5-6-10-22(28)23(21)27(25)16-17-11-13-18(14-12-17)19-7-3-4-8-20(19)24(29)30/h3-4,7-8,11-14H,2,5-6,9-10,15-16H2,1H3,(H,29,30). The maximum absolute atomic E-state index is 12.8. The molecule has 160 valence electrons. The smallest absolute Gasteiger partial charge is 0.336 e. The summed E-state index contributed by atoms with van der Waals surface area (Å²) in [5.74, 6) is -0.824. The molecule has 1 N–H and O–H groups in total. The molecule has 0 bridgehead atoms. The third-order valence-corrected chi connectivity index (χ3v) is 5.53. The lowest BCUT2D eigenvalue weighted by Gasteiger charge is -2.13. The van der Waals surface area contributed by atoms with Crippen molar-refractivity contribution < 1.29 is 19.4 Å². The van der Waals surface area contributed by atoms with E-state index in [9.17, 15) is 14.7 Å². The van der Waals surface area contributed by atoms with Crippen molar-refractivity contribution >= 4 is 11.8 Å². The quantitative estimate of drug-likeness (QED) is 0.547. The number of carboxylic acids is 1. The fourth-order valence-electron chi connectivity index (χ4n) is 4.01. The van der Waals surface area contributed by atoms with Crippen LogP contribution in [0.5, 0.6) is 6.01 Å². The van der Waals surface area contributed by atoms with Gasteiger partial charge in [-0.2, -0.15) is 4.98 Å². The van der Waals surface area contributed by atoms with Crippen LogP contribution in [-0.4, -0.2) is 33.0 Å². The summed E-state index contributed by atoms with van der Waals surface area (Å²) in [6.07, 6.45) is 4.04. The fourth-order valence-corrected chi connectivity index (χ4v) is 4.01. The average Bonchev–Trinajstić information content (AvgIpc) is 3.01. The minimum atomic E-state index is -0.947. The minimum absolute atomic E-state index is 0.123. The molecule has 2 aromatic carbocycles. The van der Waals surface area contributed by atoms with Gasteiger partial charge in [-0.05, 0) is 48.4 Å². The first-order chi connectivity index (χ1) is 15.1. The Morgan fingerprint density at radius 2 is 1.84 bits per heavy atom. The van der Waals surface area contributed by atoms with Gasteiger partial charge in [0.25, 0.3) is 6.01 Å². The molecule has 1 heterocycles. The Balaban J connectivity index is 1.66. The van der Waals surface area contributed by atoms with Crippen molar-refractivity contribution in [1.82, 2.24) is 9.55 Å². The van der Waals surface area contributed by atoms with E-state index in [2.05, 4.69) is 4.98 Å². The summed E-state index contributed by atoms with van der Waals surface area (Å²) in [6.45, 7) is 3.07. The van der Waals surface area contributed by atoms with Crippen molar-refractivity contribution in [3.05, 3.63) is 71.0 Å². The summed E-state index contributed by atoms with van der Waals surface area (Å²) >= 11 is 0. The fraction of sp³-hybridized carbons (Fsp3) is 0.320. The van der Waals surface area contributed by atoms with Gasteiger partial charge in [-0.3, -0.25) is 9.36 Å². The third-order valence-electron chi connectivity index (χ3n) is 5.53. The minimum Gasteiger partial charge on any atom is -0.478 e. The molecule has 6 nitrogen and oxygen atoms in total. The van der Waals surface area contributed by atoms with Gasteiger partial charge < -0.3 is 9.84 Å². The van der Waals surface area contributed by atoms with Crippen LogP contribution in [0.4, 0.5) is 0 Å². The Bertz CT molecular complexity index is 1100. The van der Waals surface area contributed by atoms with Crippen molar-refractivity contribution in [2.24, 2.45) is 0 Å². The van der Waals surface area contributed by atoms with E-state index in [-0.39, 0.29) is 11.3 Å². The van der Waals surface area contributed by atoms with Crippen LogP contribution >= 0.6 is 0 Å². The molecule has 6 heteroatoms. The molecule has 4 rings (SSSR count). The summed E-state index contributed by atoms with van der Waals surface area (Å²) in [5.41, 5.74) is 4.29. The van der Waals surface area contributed by atoms with Crippen molar-refractivity contribution in [1.29, 1.82) is 0 Å². The molecule has 31 heavy (non-hydrogen) atoms. The second kappa shape index (κ2) is 9.16. The van der Waals surface area contributed by atoms with Crippen LogP contribution in [0, 0.1) is 0 Å². The SMILES string of the molecule is CCCOc1nc2c(n1Cc1ccc(-c3ccccc3C(=O)O)cc1)C(=O)CCCC2. The van der Waals surface area contributed by atoms with Gasteiger partial charge >= 0.3 is 5.97 Å². The van der Waals surface area contributed by atoms with Crippen molar-refractivity contribution in [3.8, 4) is 17.1 Å². The highest BCUT2D eigenvalue weighted by molar-refractivity contribution is 5.96. The largest absolute Gasteiger partial charge is 0.478 e. The molecule has 0 radical (unpaired) electrons. The number of hydrogen-bond donors (Lipinski definition) is 1. The number of hydrogen-bond acceptors (Lipinski definition) is 4. The number of fused-ring (bicyclic) bond motifs is 1. The highest BCUT2D eigenvalue weighted by atomic mass is 16.5. The molecule has 0 amide bonds.